The quantitative estimate of drug-likeness (QED) is 0.355. The molecule has 0 heterocycles. The Kier molecular flexibility index (Phi) is 5.50. The molecule has 0 aromatic heterocycles. The van der Waals surface area contributed by atoms with Gasteiger partial charge in [-0.25, -0.2) is 15.7 Å². The van der Waals surface area contributed by atoms with Crippen molar-refractivity contribution < 1.29 is 10.0 Å². The van der Waals surface area contributed by atoms with Crippen LogP contribution in [0.2, 0.25) is 0 Å². The molecule has 0 aliphatic rings. The van der Waals surface area contributed by atoms with E-state index in [-0.39, 0.29) is 6.04 Å². The van der Waals surface area contributed by atoms with Crippen LogP contribution in [0.1, 0.15) is 26.7 Å². The average molecular weight is 161 g/mol. The largest absolute Gasteiger partial charge is 0.352 e. The maximum absolute atomic E-state index is 10.4. The standard InChI is InChI=1S/C6H15N3O2/c1-3-5(4-2)7-8-6(10)9-11/h5,7,11H,3-4H2,1-2H3,(H2,8,9,10). The van der Waals surface area contributed by atoms with Crippen molar-refractivity contribution in [2.24, 2.45) is 0 Å². The van der Waals surface area contributed by atoms with E-state index in [1.807, 2.05) is 13.8 Å². The van der Waals surface area contributed by atoms with Crippen LogP contribution in [0.15, 0.2) is 0 Å². The molecule has 0 aliphatic heterocycles. The molecule has 0 saturated carbocycles. The molecule has 4 N–H and O–H groups in total. The van der Waals surface area contributed by atoms with Crippen molar-refractivity contribution in [3.8, 4) is 0 Å². The molecule has 0 bridgehead atoms. The van der Waals surface area contributed by atoms with Crippen LogP contribution in [-0.2, 0) is 0 Å². The second-order valence-electron chi connectivity index (χ2n) is 2.22. The average Bonchev–Trinajstić information content (AvgIpc) is 2.06. The van der Waals surface area contributed by atoms with E-state index in [1.165, 1.54) is 5.48 Å². The first-order chi connectivity index (χ1) is 5.24. The fourth-order valence-corrected chi connectivity index (χ4v) is 0.688. The van der Waals surface area contributed by atoms with Crippen LogP contribution < -0.4 is 16.3 Å². The molecule has 0 aromatic carbocycles. The zero-order valence-electron chi connectivity index (χ0n) is 6.85. The number of rotatable bonds is 4. The Morgan fingerprint density at radius 1 is 1.45 bits per heavy atom. The number of carbonyl (C=O) groups is 1. The number of urea groups is 1. The maximum Gasteiger partial charge on any atom is 0.352 e. The maximum atomic E-state index is 10.4. The summed E-state index contributed by atoms with van der Waals surface area (Å²) in [5.41, 5.74) is 6.49. The van der Waals surface area contributed by atoms with E-state index in [4.69, 9.17) is 5.21 Å². The van der Waals surface area contributed by atoms with Gasteiger partial charge in [-0.05, 0) is 12.8 Å². The van der Waals surface area contributed by atoms with E-state index in [1.54, 1.807) is 0 Å². The van der Waals surface area contributed by atoms with Gasteiger partial charge < -0.3 is 0 Å². The molecule has 2 amide bonds. The third-order valence-electron chi connectivity index (χ3n) is 1.48. The molecule has 5 nitrogen and oxygen atoms in total. The van der Waals surface area contributed by atoms with Gasteiger partial charge in [-0.1, -0.05) is 13.8 Å². The normalized spacial score (nSPS) is 9.82. The Morgan fingerprint density at radius 2 is 2.00 bits per heavy atom. The van der Waals surface area contributed by atoms with Crippen molar-refractivity contribution in [2.75, 3.05) is 0 Å². The molecule has 0 saturated heterocycles. The number of carbonyl (C=O) groups excluding carboxylic acids is 1. The molecule has 66 valence electrons. The van der Waals surface area contributed by atoms with E-state index in [0.29, 0.717) is 0 Å². The monoisotopic (exact) mass is 161 g/mol. The topological polar surface area (TPSA) is 73.4 Å². The number of amides is 2. The van der Waals surface area contributed by atoms with Gasteiger partial charge in [0.05, 0.1) is 0 Å². The summed E-state index contributed by atoms with van der Waals surface area (Å²) in [6.45, 7) is 4.03. The lowest BCUT2D eigenvalue weighted by molar-refractivity contribution is 0.156. The molecule has 0 aromatic rings. The predicted molar refractivity (Wildman–Crippen MR) is 41.0 cm³/mol. The second kappa shape index (κ2) is 5.94. The van der Waals surface area contributed by atoms with Crippen LogP contribution >= 0.6 is 0 Å². The van der Waals surface area contributed by atoms with Gasteiger partial charge in [0.2, 0.25) is 0 Å². The van der Waals surface area contributed by atoms with Crippen LogP contribution in [0.5, 0.6) is 0 Å². The van der Waals surface area contributed by atoms with E-state index in [0.717, 1.165) is 12.8 Å². The minimum atomic E-state index is -0.642. The molecular weight excluding hydrogens is 146 g/mol. The summed E-state index contributed by atoms with van der Waals surface area (Å²) in [6.07, 6.45) is 1.87. The highest BCUT2D eigenvalue weighted by Crippen LogP contribution is 1.92. The SMILES string of the molecule is CCC(CC)NNC(=O)NO. The summed E-state index contributed by atoms with van der Waals surface area (Å²) < 4.78 is 0. The van der Waals surface area contributed by atoms with E-state index in [2.05, 4.69) is 10.9 Å². The van der Waals surface area contributed by atoms with Gasteiger partial charge in [0.15, 0.2) is 0 Å². The smallest absolute Gasteiger partial charge is 0.287 e. The highest BCUT2D eigenvalue weighted by Gasteiger charge is 2.02. The highest BCUT2D eigenvalue weighted by molar-refractivity contribution is 5.71. The van der Waals surface area contributed by atoms with Gasteiger partial charge in [0.25, 0.3) is 0 Å². The first kappa shape index (κ1) is 10.2. The Balaban J connectivity index is 3.42. The lowest BCUT2D eigenvalue weighted by atomic mass is 10.2. The third-order valence-corrected chi connectivity index (χ3v) is 1.48. The molecule has 0 rings (SSSR count). The molecule has 0 spiro atoms. The van der Waals surface area contributed by atoms with Crippen LogP contribution in [-0.4, -0.2) is 17.3 Å². The molecule has 0 fully saturated rings. The zero-order chi connectivity index (χ0) is 8.69. The molecule has 0 radical (unpaired) electrons. The van der Waals surface area contributed by atoms with Crippen LogP contribution in [0, 0.1) is 0 Å². The summed E-state index contributed by atoms with van der Waals surface area (Å²) in [4.78, 5) is 10.4. The summed E-state index contributed by atoms with van der Waals surface area (Å²) in [7, 11) is 0. The van der Waals surface area contributed by atoms with Gasteiger partial charge >= 0.3 is 6.03 Å². The van der Waals surface area contributed by atoms with Gasteiger partial charge in [-0.2, -0.15) is 0 Å². The Labute approximate surface area is 66.1 Å². The van der Waals surface area contributed by atoms with Gasteiger partial charge in [0.1, 0.15) is 0 Å². The molecule has 0 unspecified atom stereocenters. The summed E-state index contributed by atoms with van der Waals surface area (Å²) in [5, 5.41) is 8.09. The molecule has 0 aliphatic carbocycles. The van der Waals surface area contributed by atoms with Crippen molar-refractivity contribution in [3.63, 3.8) is 0 Å². The Morgan fingerprint density at radius 3 is 2.36 bits per heavy atom. The molecule has 5 heteroatoms. The Hall–Kier alpha value is -0.810. The first-order valence-electron chi connectivity index (χ1n) is 3.70. The first-order valence-corrected chi connectivity index (χ1v) is 3.70. The molecule has 11 heavy (non-hydrogen) atoms. The van der Waals surface area contributed by atoms with Crippen LogP contribution in [0.3, 0.4) is 0 Å². The highest BCUT2D eigenvalue weighted by atomic mass is 16.5. The number of hydrogen-bond donors (Lipinski definition) is 4. The van der Waals surface area contributed by atoms with Gasteiger partial charge in [-0.3, -0.25) is 10.6 Å². The van der Waals surface area contributed by atoms with E-state index < -0.39 is 6.03 Å². The van der Waals surface area contributed by atoms with Crippen molar-refractivity contribution >= 4 is 6.03 Å². The predicted octanol–water partition coefficient (Wildman–Crippen LogP) is 0.368. The Bertz CT molecular complexity index is 114. The zero-order valence-corrected chi connectivity index (χ0v) is 6.85. The number of hydrogen-bond acceptors (Lipinski definition) is 3. The fraction of sp³-hybridized carbons (Fsp3) is 0.833. The summed E-state index contributed by atoms with van der Waals surface area (Å²) in [6, 6.07) is -0.385. The fourth-order valence-electron chi connectivity index (χ4n) is 0.688. The van der Waals surface area contributed by atoms with Crippen molar-refractivity contribution in [1.29, 1.82) is 0 Å². The minimum absolute atomic E-state index is 0.257. The summed E-state index contributed by atoms with van der Waals surface area (Å²) in [5.74, 6) is 0. The van der Waals surface area contributed by atoms with E-state index in [9.17, 15) is 4.79 Å². The lowest BCUT2D eigenvalue weighted by Gasteiger charge is -2.14. The van der Waals surface area contributed by atoms with Gasteiger partial charge in [-0.15, -0.1) is 0 Å². The van der Waals surface area contributed by atoms with Crippen molar-refractivity contribution in [2.45, 2.75) is 32.7 Å². The number of hydroxylamine groups is 1. The third kappa shape index (κ3) is 4.58. The molecule has 0 atom stereocenters. The summed E-state index contributed by atoms with van der Waals surface area (Å²) >= 11 is 0. The van der Waals surface area contributed by atoms with Gasteiger partial charge in [0, 0.05) is 6.04 Å². The number of hydrazine groups is 1. The van der Waals surface area contributed by atoms with E-state index >= 15 is 0 Å². The van der Waals surface area contributed by atoms with Crippen molar-refractivity contribution in [3.05, 3.63) is 0 Å². The van der Waals surface area contributed by atoms with Crippen LogP contribution in [0.4, 0.5) is 4.79 Å². The second-order valence-corrected chi connectivity index (χ2v) is 2.22. The lowest BCUT2D eigenvalue weighted by Crippen LogP contribution is -2.47. The molecular formula is C6H15N3O2. The minimum Gasteiger partial charge on any atom is -0.287 e. The number of nitrogens with one attached hydrogen (secondary N) is 3. The van der Waals surface area contributed by atoms with Crippen LogP contribution in [0.25, 0.3) is 0 Å². The van der Waals surface area contributed by atoms with Crippen molar-refractivity contribution in [1.82, 2.24) is 16.3 Å².